The molecule has 0 radical (unpaired) electrons. The first kappa shape index (κ1) is 24.1. The summed E-state index contributed by atoms with van der Waals surface area (Å²) < 4.78 is 18.8. The minimum Gasteiger partial charge on any atom is -0.492 e. The largest absolute Gasteiger partial charge is 0.492 e. The normalized spacial score (nSPS) is 14.0. The molecule has 0 amide bonds. The average molecular weight is 443 g/mol. The van der Waals surface area contributed by atoms with Crippen molar-refractivity contribution in [1.82, 2.24) is 9.88 Å². The Kier molecular flexibility index (Phi) is 9.43. The number of carbonyl (C=O) groups excluding carboxylic acids is 1. The van der Waals surface area contributed by atoms with Gasteiger partial charge >= 0.3 is 0 Å². The van der Waals surface area contributed by atoms with Crippen LogP contribution >= 0.6 is 0 Å². The highest BCUT2D eigenvalue weighted by molar-refractivity contribution is 5.81. The molecule has 1 aliphatic rings. The van der Waals surface area contributed by atoms with Crippen LogP contribution in [0.5, 0.6) is 5.75 Å². The number of hydrogen-bond donors (Lipinski definition) is 2. The molecule has 3 rings (SSSR count). The molecule has 1 aromatic heterocycles. The summed E-state index contributed by atoms with van der Waals surface area (Å²) in [6.07, 6.45) is 5.92. The summed E-state index contributed by atoms with van der Waals surface area (Å²) in [7, 11) is 0. The number of rotatable bonds is 13. The second-order valence-electron chi connectivity index (χ2n) is 8.45. The molecular formula is C25H35FN4O2. The minimum absolute atomic E-state index is 0.0135. The van der Waals surface area contributed by atoms with Crippen LogP contribution in [-0.2, 0) is 17.6 Å². The lowest BCUT2D eigenvalue weighted by Crippen LogP contribution is -2.36. The van der Waals surface area contributed by atoms with Gasteiger partial charge in [0.25, 0.3) is 0 Å². The first-order chi connectivity index (χ1) is 15.5. The number of fused-ring (bicyclic) bond motifs is 1. The van der Waals surface area contributed by atoms with Gasteiger partial charge < -0.3 is 15.8 Å². The van der Waals surface area contributed by atoms with Crippen molar-refractivity contribution < 1.29 is 13.9 Å². The number of anilines is 1. The van der Waals surface area contributed by atoms with Gasteiger partial charge in [0.15, 0.2) is 0 Å². The van der Waals surface area contributed by atoms with Gasteiger partial charge in [-0.05, 0) is 87.9 Å². The number of Topliss-reactive ketones (excluding diaryl/α,β-unsaturated/α-hetero) is 1. The van der Waals surface area contributed by atoms with Crippen molar-refractivity contribution in [3.8, 4) is 5.75 Å². The Morgan fingerprint density at radius 2 is 2.00 bits per heavy atom. The lowest BCUT2D eigenvalue weighted by Gasteiger charge is -2.23. The van der Waals surface area contributed by atoms with Crippen molar-refractivity contribution in [2.75, 3.05) is 38.1 Å². The van der Waals surface area contributed by atoms with Crippen LogP contribution in [0.3, 0.4) is 0 Å². The standard InChI is InChI=1S/C25H35FN4O2/c1-19(31)24(27)13-16-30(17-18-32-23-11-8-21(26)9-12-23)15-3-2-6-22-10-7-20-5-4-14-28-25(20)29-22/h7-12,24H,2-6,13-18,27H2,1H3,(H,28,29). The minimum atomic E-state index is -0.428. The third-order valence-electron chi connectivity index (χ3n) is 5.88. The molecule has 0 saturated heterocycles. The molecule has 0 spiro atoms. The summed E-state index contributed by atoms with van der Waals surface area (Å²) in [5.41, 5.74) is 8.37. The number of nitrogens with zero attached hydrogens (tertiary/aromatic N) is 2. The zero-order valence-electron chi connectivity index (χ0n) is 19.0. The fourth-order valence-corrected chi connectivity index (χ4v) is 3.83. The highest BCUT2D eigenvalue weighted by atomic mass is 19.1. The van der Waals surface area contributed by atoms with Gasteiger partial charge in [0.2, 0.25) is 0 Å². The number of ketones is 1. The number of ether oxygens (including phenoxy) is 1. The van der Waals surface area contributed by atoms with Gasteiger partial charge in [0.1, 0.15) is 29.8 Å². The predicted octanol–water partition coefficient (Wildman–Crippen LogP) is 3.59. The maximum absolute atomic E-state index is 13.0. The van der Waals surface area contributed by atoms with Crippen LogP contribution in [0.15, 0.2) is 36.4 Å². The highest BCUT2D eigenvalue weighted by Crippen LogP contribution is 2.20. The number of aryl methyl sites for hydroxylation is 2. The maximum atomic E-state index is 13.0. The van der Waals surface area contributed by atoms with Crippen LogP contribution in [0.25, 0.3) is 0 Å². The lowest BCUT2D eigenvalue weighted by molar-refractivity contribution is -0.118. The Hall–Kier alpha value is -2.51. The molecule has 7 heteroatoms. The number of carbonyl (C=O) groups is 1. The van der Waals surface area contributed by atoms with Crippen LogP contribution in [0.2, 0.25) is 0 Å². The molecule has 32 heavy (non-hydrogen) atoms. The zero-order valence-corrected chi connectivity index (χ0v) is 19.0. The monoisotopic (exact) mass is 442 g/mol. The lowest BCUT2D eigenvalue weighted by atomic mass is 10.1. The Labute approximate surface area is 190 Å². The van der Waals surface area contributed by atoms with E-state index in [1.54, 1.807) is 12.1 Å². The van der Waals surface area contributed by atoms with E-state index in [9.17, 15) is 9.18 Å². The van der Waals surface area contributed by atoms with Gasteiger partial charge in [0, 0.05) is 25.3 Å². The van der Waals surface area contributed by atoms with Crippen LogP contribution in [0, 0.1) is 5.82 Å². The SMILES string of the molecule is CC(=O)C(N)CCN(CCCCc1ccc2c(n1)NCCC2)CCOc1ccc(F)cc1. The molecule has 0 bridgehead atoms. The number of nitrogens with one attached hydrogen (secondary N) is 1. The maximum Gasteiger partial charge on any atom is 0.146 e. The van der Waals surface area contributed by atoms with E-state index in [0.717, 1.165) is 63.4 Å². The van der Waals surface area contributed by atoms with Crippen molar-refractivity contribution in [3.63, 3.8) is 0 Å². The molecule has 1 unspecified atom stereocenters. The Balaban J connectivity index is 1.44. The molecule has 0 saturated carbocycles. The smallest absolute Gasteiger partial charge is 0.146 e. The summed E-state index contributed by atoms with van der Waals surface area (Å²) in [6, 6.07) is 9.96. The van der Waals surface area contributed by atoms with Gasteiger partial charge in [-0.1, -0.05) is 6.07 Å². The molecular weight excluding hydrogens is 407 g/mol. The number of halogens is 1. The number of aromatic nitrogens is 1. The number of hydrogen-bond acceptors (Lipinski definition) is 6. The van der Waals surface area contributed by atoms with Crippen LogP contribution in [-0.4, -0.2) is 54.5 Å². The van der Waals surface area contributed by atoms with E-state index < -0.39 is 6.04 Å². The fourth-order valence-electron chi connectivity index (χ4n) is 3.83. The zero-order chi connectivity index (χ0) is 22.8. The molecule has 1 atom stereocenters. The van der Waals surface area contributed by atoms with Crippen molar-refractivity contribution in [2.45, 2.75) is 51.5 Å². The predicted molar refractivity (Wildman–Crippen MR) is 126 cm³/mol. The number of benzene rings is 1. The van der Waals surface area contributed by atoms with E-state index in [1.807, 2.05) is 0 Å². The van der Waals surface area contributed by atoms with Gasteiger partial charge in [-0.3, -0.25) is 9.69 Å². The first-order valence-corrected chi connectivity index (χ1v) is 11.6. The number of pyridine rings is 1. The second kappa shape index (κ2) is 12.5. The van der Waals surface area contributed by atoms with Gasteiger partial charge in [-0.15, -0.1) is 0 Å². The van der Waals surface area contributed by atoms with Crippen LogP contribution < -0.4 is 15.8 Å². The molecule has 0 fully saturated rings. The van der Waals surface area contributed by atoms with E-state index in [4.69, 9.17) is 15.5 Å². The summed E-state index contributed by atoms with van der Waals surface area (Å²) in [6.45, 7) is 5.41. The molecule has 2 heterocycles. The van der Waals surface area contributed by atoms with Crippen LogP contribution in [0.4, 0.5) is 10.2 Å². The van der Waals surface area contributed by atoms with E-state index in [-0.39, 0.29) is 11.6 Å². The molecule has 174 valence electrons. The van der Waals surface area contributed by atoms with Crippen LogP contribution in [0.1, 0.15) is 43.9 Å². The molecule has 1 aromatic carbocycles. The third kappa shape index (κ3) is 7.88. The number of nitrogens with two attached hydrogens (primary N) is 1. The van der Waals surface area contributed by atoms with Crippen molar-refractivity contribution in [3.05, 3.63) is 53.5 Å². The molecule has 0 aliphatic carbocycles. The summed E-state index contributed by atoms with van der Waals surface area (Å²) in [5, 5.41) is 3.39. The summed E-state index contributed by atoms with van der Waals surface area (Å²) >= 11 is 0. The topological polar surface area (TPSA) is 80.5 Å². The molecule has 2 aromatic rings. The average Bonchev–Trinajstić information content (AvgIpc) is 2.80. The van der Waals surface area contributed by atoms with Crippen molar-refractivity contribution in [2.24, 2.45) is 5.73 Å². The van der Waals surface area contributed by atoms with Gasteiger partial charge in [-0.2, -0.15) is 0 Å². The van der Waals surface area contributed by atoms with Crippen molar-refractivity contribution >= 4 is 11.6 Å². The van der Waals surface area contributed by atoms with E-state index in [1.165, 1.54) is 31.0 Å². The third-order valence-corrected chi connectivity index (χ3v) is 5.88. The Morgan fingerprint density at radius 3 is 2.78 bits per heavy atom. The highest BCUT2D eigenvalue weighted by Gasteiger charge is 2.13. The molecule has 6 nitrogen and oxygen atoms in total. The molecule has 1 aliphatic heterocycles. The second-order valence-corrected chi connectivity index (χ2v) is 8.45. The first-order valence-electron chi connectivity index (χ1n) is 11.6. The van der Waals surface area contributed by atoms with Gasteiger partial charge in [0.05, 0.1) is 6.04 Å². The molecule has 3 N–H and O–H groups in total. The number of unbranched alkanes of at least 4 members (excludes halogenated alkanes) is 1. The van der Waals surface area contributed by atoms with E-state index in [2.05, 4.69) is 22.3 Å². The Morgan fingerprint density at radius 1 is 1.19 bits per heavy atom. The summed E-state index contributed by atoms with van der Waals surface area (Å²) in [4.78, 5) is 18.5. The summed E-state index contributed by atoms with van der Waals surface area (Å²) in [5.74, 6) is 1.44. The quantitative estimate of drug-likeness (QED) is 0.462. The van der Waals surface area contributed by atoms with E-state index >= 15 is 0 Å². The Bertz CT molecular complexity index is 860. The fraction of sp³-hybridized carbons (Fsp3) is 0.520. The van der Waals surface area contributed by atoms with Crippen molar-refractivity contribution in [1.29, 1.82) is 0 Å². The van der Waals surface area contributed by atoms with E-state index in [0.29, 0.717) is 18.8 Å². The van der Waals surface area contributed by atoms with Gasteiger partial charge in [-0.25, -0.2) is 9.37 Å².